The summed E-state index contributed by atoms with van der Waals surface area (Å²) in [5, 5.41) is 3.82. The molecule has 1 fully saturated rings. The largest absolute Gasteiger partial charge is 0.485 e. The molecule has 3 rings (SSSR count). The van der Waals surface area contributed by atoms with Gasteiger partial charge in [0.1, 0.15) is 12.4 Å². The molecule has 2 heterocycles. The second-order valence-corrected chi connectivity index (χ2v) is 6.46. The number of carbonyl (C=O) groups is 1. The van der Waals surface area contributed by atoms with Crippen LogP contribution in [0.1, 0.15) is 36.5 Å². The number of amides is 1. The molecule has 27 heavy (non-hydrogen) atoms. The summed E-state index contributed by atoms with van der Waals surface area (Å²) in [6.07, 6.45) is 0.942. The quantitative estimate of drug-likeness (QED) is 0.740. The minimum atomic E-state index is -0.988. The average Bonchev–Trinajstić information content (AvgIpc) is 3.33. The first-order valence-corrected chi connectivity index (χ1v) is 9.08. The predicted molar refractivity (Wildman–Crippen MR) is 94.4 cm³/mol. The van der Waals surface area contributed by atoms with Crippen molar-refractivity contribution in [2.75, 3.05) is 26.2 Å². The third-order valence-corrected chi connectivity index (χ3v) is 4.83. The Kier molecular flexibility index (Phi) is 6.05. The first kappa shape index (κ1) is 19.3. The maximum atomic E-state index is 13.2. The lowest BCUT2D eigenvalue weighted by Gasteiger charge is -2.25. The standard InChI is InChI=1S/C19H23F2N3O3/c1-3-23(4-2)13-7-8-24(11-13)19(25)18-10-15(27-22-18)12-26-14-5-6-16(20)17(21)9-14/h5-6,9-10,13H,3-4,7-8,11-12H2,1-2H3/t13-/m1/s1. The number of likely N-dealkylation sites (tertiary alicyclic amines) is 1. The Labute approximate surface area is 156 Å². The van der Waals surface area contributed by atoms with Crippen LogP contribution >= 0.6 is 0 Å². The number of benzene rings is 1. The molecule has 1 aromatic carbocycles. The summed E-state index contributed by atoms with van der Waals surface area (Å²) >= 11 is 0. The molecule has 0 radical (unpaired) electrons. The van der Waals surface area contributed by atoms with Crippen LogP contribution in [0.25, 0.3) is 0 Å². The van der Waals surface area contributed by atoms with Crippen LogP contribution in [-0.2, 0) is 6.61 Å². The van der Waals surface area contributed by atoms with Gasteiger partial charge < -0.3 is 14.2 Å². The van der Waals surface area contributed by atoms with E-state index in [1.54, 1.807) is 4.90 Å². The molecule has 1 aromatic heterocycles. The van der Waals surface area contributed by atoms with Crippen molar-refractivity contribution < 1.29 is 22.8 Å². The van der Waals surface area contributed by atoms with Gasteiger partial charge >= 0.3 is 0 Å². The maximum Gasteiger partial charge on any atom is 0.276 e. The smallest absolute Gasteiger partial charge is 0.276 e. The highest BCUT2D eigenvalue weighted by molar-refractivity contribution is 5.92. The molecule has 1 amide bonds. The number of halogens is 2. The fourth-order valence-electron chi connectivity index (χ4n) is 3.33. The summed E-state index contributed by atoms with van der Waals surface area (Å²) in [6, 6.07) is 5.15. The van der Waals surface area contributed by atoms with E-state index in [2.05, 4.69) is 23.9 Å². The van der Waals surface area contributed by atoms with Crippen molar-refractivity contribution in [3.05, 3.63) is 47.4 Å². The van der Waals surface area contributed by atoms with Crippen molar-refractivity contribution in [1.29, 1.82) is 0 Å². The first-order chi connectivity index (χ1) is 13.0. The van der Waals surface area contributed by atoms with Crippen LogP contribution in [0, 0.1) is 11.6 Å². The molecule has 2 aromatic rings. The molecule has 8 heteroatoms. The number of ether oxygens (including phenoxy) is 1. The maximum absolute atomic E-state index is 13.2. The molecule has 1 aliphatic rings. The number of hydrogen-bond donors (Lipinski definition) is 0. The summed E-state index contributed by atoms with van der Waals surface area (Å²) in [5.41, 5.74) is 0.221. The number of rotatable bonds is 7. The van der Waals surface area contributed by atoms with Gasteiger partial charge in [-0.25, -0.2) is 8.78 Å². The van der Waals surface area contributed by atoms with Crippen molar-refractivity contribution >= 4 is 5.91 Å². The molecule has 6 nitrogen and oxygen atoms in total. The Bertz CT molecular complexity index is 792. The monoisotopic (exact) mass is 379 g/mol. The number of nitrogens with zero attached hydrogens (tertiary/aromatic N) is 3. The lowest BCUT2D eigenvalue weighted by atomic mass is 10.2. The van der Waals surface area contributed by atoms with E-state index in [1.807, 2.05) is 0 Å². The highest BCUT2D eigenvalue weighted by Gasteiger charge is 2.31. The molecule has 0 unspecified atom stereocenters. The van der Waals surface area contributed by atoms with E-state index in [0.29, 0.717) is 24.9 Å². The molecular weight excluding hydrogens is 356 g/mol. The van der Waals surface area contributed by atoms with E-state index < -0.39 is 11.6 Å². The Hall–Kier alpha value is -2.48. The zero-order valence-corrected chi connectivity index (χ0v) is 15.5. The van der Waals surface area contributed by atoms with Crippen molar-refractivity contribution in [2.24, 2.45) is 0 Å². The minimum Gasteiger partial charge on any atom is -0.485 e. The number of likely N-dealkylation sites (N-methyl/N-ethyl adjacent to an activating group) is 1. The van der Waals surface area contributed by atoms with Gasteiger partial charge in [0.25, 0.3) is 5.91 Å². The fraction of sp³-hybridized carbons (Fsp3) is 0.474. The van der Waals surface area contributed by atoms with Gasteiger partial charge in [-0.1, -0.05) is 19.0 Å². The Morgan fingerprint density at radius 3 is 2.78 bits per heavy atom. The summed E-state index contributed by atoms with van der Waals surface area (Å²) < 4.78 is 36.6. The molecule has 0 N–H and O–H groups in total. The summed E-state index contributed by atoms with van der Waals surface area (Å²) in [4.78, 5) is 16.7. The van der Waals surface area contributed by atoms with E-state index in [-0.39, 0.29) is 24.0 Å². The topological polar surface area (TPSA) is 58.8 Å². The number of hydrogen-bond acceptors (Lipinski definition) is 5. The van der Waals surface area contributed by atoms with Gasteiger partial charge in [-0.05, 0) is 31.6 Å². The summed E-state index contributed by atoms with van der Waals surface area (Å²) in [7, 11) is 0. The molecule has 0 bridgehead atoms. The van der Waals surface area contributed by atoms with Crippen LogP contribution in [0.2, 0.25) is 0 Å². The molecule has 1 atom stereocenters. The number of carbonyl (C=O) groups excluding carboxylic acids is 1. The third-order valence-electron chi connectivity index (χ3n) is 4.83. The summed E-state index contributed by atoms with van der Waals surface area (Å²) in [6.45, 7) is 7.47. The van der Waals surface area contributed by atoms with Crippen molar-refractivity contribution in [3.63, 3.8) is 0 Å². The van der Waals surface area contributed by atoms with Gasteiger partial charge in [-0.3, -0.25) is 9.69 Å². The van der Waals surface area contributed by atoms with Gasteiger partial charge in [0.15, 0.2) is 23.1 Å². The second kappa shape index (κ2) is 8.47. The van der Waals surface area contributed by atoms with Crippen molar-refractivity contribution in [1.82, 2.24) is 15.0 Å². The Morgan fingerprint density at radius 1 is 1.30 bits per heavy atom. The van der Waals surface area contributed by atoms with E-state index in [0.717, 1.165) is 31.6 Å². The Balaban J connectivity index is 1.57. The molecule has 146 valence electrons. The van der Waals surface area contributed by atoms with Crippen molar-refractivity contribution in [2.45, 2.75) is 32.9 Å². The van der Waals surface area contributed by atoms with Gasteiger partial charge in [-0.2, -0.15) is 0 Å². The normalized spacial score (nSPS) is 16.9. The van der Waals surface area contributed by atoms with Gasteiger partial charge in [0, 0.05) is 31.3 Å². The SMILES string of the molecule is CCN(CC)[C@@H]1CCN(C(=O)c2cc(COc3ccc(F)c(F)c3)on2)C1. The highest BCUT2D eigenvalue weighted by atomic mass is 19.2. The van der Waals surface area contributed by atoms with Gasteiger partial charge in [0.2, 0.25) is 0 Å². The fourth-order valence-corrected chi connectivity index (χ4v) is 3.33. The molecule has 1 aliphatic heterocycles. The average molecular weight is 379 g/mol. The van der Waals surface area contributed by atoms with Crippen LogP contribution < -0.4 is 4.74 Å². The van der Waals surface area contributed by atoms with Crippen LogP contribution in [-0.4, -0.2) is 53.1 Å². The van der Waals surface area contributed by atoms with E-state index in [9.17, 15) is 13.6 Å². The zero-order valence-electron chi connectivity index (χ0n) is 15.5. The second-order valence-electron chi connectivity index (χ2n) is 6.46. The third kappa shape index (κ3) is 4.44. The van der Waals surface area contributed by atoms with Gasteiger partial charge in [-0.15, -0.1) is 0 Å². The van der Waals surface area contributed by atoms with E-state index >= 15 is 0 Å². The molecule has 0 aliphatic carbocycles. The van der Waals surface area contributed by atoms with Crippen LogP contribution in [0.3, 0.4) is 0 Å². The summed E-state index contributed by atoms with van der Waals surface area (Å²) in [5.74, 6) is -1.60. The Morgan fingerprint density at radius 2 is 2.07 bits per heavy atom. The zero-order chi connectivity index (χ0) is 19.4. The van der Waals surface area contributed by atoms with Gasteiger partial charge in [0.05, 0.1) is 0 Å². The van der Waals surface area contributed by atoms with Crippen molar-refractivity contribution in [3.8, 4) is 5.75 Å². The predicted octanol–water partition coefficient (Wildman–Crippen LogP) is 3.09. The lowest BCUT2D eigenvalue weighted by molar-refractivity contribution is 0.0767. The van der Waals surface area contributed by atoms with E-state index in [4.69, 9.17) is 9.26 Å². The minimum absolute atomic E-state index is 0.0343. The van der Waals surface area contributed by atoms with Crippen LogP contribution in [0.4, 0.5) is 8.78 Å². The number of aromatic nitrogens is 1. The highest BCUT2D eigenvalue weighted by Crippen LogP contribution is 2.20. The van der Waals surface area contributed by atoms with Crippen LogP contribution in [0.15, 0.2) is 28.8 Å². The lowest BCUT2D eigenvalue weighted by Crippen LogP contribution is -2.38. The first-order valence-electron chi connectivity index (χ1n) is 9.08. The van der Waals surface area contributed by atoms with Crippen LogP contribution in [0.5, 0.6) is 5.75 Å². The molecule has 1 saturated heterocycles. The van der Waals surface area contributed by atoms with E-state index in [1.165, 1.54) is 12.1 Å². The molecule has 0 saturated carbocycles. The molecule has 0 spiro atoms. The molecular formula is C19H23F2N3O3.